The zero-order chi connectivity index (χ0) is 16.0. The Hall–Kier alpha value is 0.420. The summed E-state index contributed by atoms with van der Waals surface area (Å²) in [5.74, 6) is 0. The molecule has 1 rings (SSSR count). The Labute approximate surface area is 150 Å². The number of aliphatic hydroxyl groups excluding tert-OH is 1. The lowest BCUT2D eigenvalue weighted by atomic mass is 10.1. The lowest BCUT2D eigenvalue weighted by Gasteiger charge is -2.34. The van der Waals surface area contributed by atoms with Crippen molar-refractivity contribution in [2.75, 3.05) is 54.4 Å². The van der Waals surface area contributed by atoms with Crippen molar-refractivity contribution in [3.63, 3.8) is 0 Å². The van der Waals surface area contributed by atoms with Gasteiger partial charge in [0, 0.05) is 6.42 Å². The predicted octanol–water partition coefficient (Wildman–Crippen LogP) is -4.27. The van der Waals surface area contributed by atoms with Crippen LogP contribution < -0.4 is 24.8 Å². The standard InChI is InChI=1S/C9H20NO.C7H18NO.2ClH/c1-5-10(3,4)8(2)6-9-7-11-9;1-5-8(3,4)6-7(2)9;;/h8-9H,5-7H2,1-4H3;7,9H,5-6H2,1-4H3;2*1H/q2*+1;;/p-2. The second-order valence-corrected chi connectivity index (χ2v) is 7.42. The molecule has 0 aromatic rings. The van der Waals surface area contributed by atoms with Crippen LogP contribution in [-0.2, 0) is 4.74 Å². The van der Waals surface area contributed by atoms with Crippen LogP contribution in [0.3, 0.4) is 0 Å². The molecule has 22 heavy (non-hydrogen) atoms. The minimum Gasteiger partial charge on any atom is -1.00 e. The monoisotopic (exact) mass is 360 g/mol. The molecule has 1 saturated heterocycles. The fourth-order valence-electron chi connectivity index (χ4n) is 2.03. The largest absolute Gasteiger partial charge is 1.00 e. The maximum Gasteiger partial charge on any atom is 0.104 e. The van der Waals surface area contributed by atoms with Gasteiger partial charge in [0.05, 0.1) is 60.0 Å². The zero-order valence-corrected chi connectivity index (χ0v) is 17.3. The van der Waals surface area contributed by atoms with Crippen LogP contribution in [0.15, 0.2) is 0 Å². The van der Waals surface area contributed by atoms with Crippen molar-refractivity contribution in [1.82, 2.24) is 0 Å². The molecule has 3 unspecified atom stereocenters. The topological polar surface area (TPSA) is 32.8 Å². The normalized spacial score (nSPS) is 19.8. The van der Waals surface area contributed by atoms with E-state index in [2.05, 4.69) is 49.0 Å². The van der Waals surface area contributed by atoms with Crippen LogP contribution in [0.25, 0.3) is 0 Å². The summed E-state index contributed by atoms with van der Waals surface area (Å²) >= 11 is 0. The van der Waals surface area contributed by atoms with Gasteiger partial charge in [-0.2, -0.15) is 0 Å². The fourth-order valence-corrected chi connectivity index (χ4v) is 2.03. The van der Waals surface area contributed by atoms with Crippen LogP contribution in [0, 0.1) is 0 Å². The molecule has 0 aromatic heterocycles. The fraction of sp³-hybridized carbons (Fsp3) is 1.00. The van der Waals surface area contributed by atoms with Gasteiger partial charge in [0.25, 0.3) is 0 Å². The molecule has 0 bridgehead atoms. The highest BCUT2D eigenvalue weighted by Crippen LogP contribution is 2.20. The molecular formula is C16H38Cl2N2O2. The van der Waals surface area contributed by atoms with Crippen molar-refractivity contribution in [2.45, 2.75) is 52.4 Å². The molecule has 6 heteroatoms. The van der Waals surface area contributed by atoms with Gasteiger partial charge in [0.15, 0.2) is 0 Å². The molecule has 3 atom stereocenters. The average molecular weight is 361 g/mol. The summed E-state index contributed by atoms with van der Waals surface area (Å²) < 4.78 is 7.22. The van der Waals surface area contributed by atoms with E-state index >= 15 is 0 Å². The molecule has 0 radical (unpaired) electrons. The summed E-state index contributed by atoms with van der Waals surface area (Å²) in [5, 5.41) is 9.00. The Morgan fingerprint density at radius 2 is 1.50 bits per heavy atom. The van der Waals surface area contributed by atoms with E-state index in [4.69, 9.17) is 9.84 Å². The molecule has 0 spiro atoms. The summed E-state index contributed by atoms with van der Waals surface area (Å²) in [6.45, 7) is 12.6. The number of quaternary nitrogens is 2. The minimum absolute atomic E-state index is 0. The van der Waals surface area contributed by atoms with Crippen LogP contribution in [0.4, 0.5) is 0 Å². The maximum absolute atomic E-state index is 9.00. The summed E-state index contributed by atoms with van der Waals surface area (Å²) in [6.07, 6.45) is 1.62. The minimum atomic E-state index is -0.181. The number of hydrogen-bond acceptors (Lipinski definition) is 2. The number of epoxide rings is 1. The van der Waals surface area contributed by atoms with E-state index in [-0.39, 0.29) is 30.9 Å². The quantitative estimate of drug-likeness (QED) is 0.368. The smallest absolute Gasteiger partial charge is 0.104 e. The first-order chi connectivity index (χ1) is 9.04. The van der Waals surface area contributed by atoms with Gasteiger partial charge in [-0.05, 0) is 27.7 Å². The second kappa shape index (κ2) is 11.9. The van der Waals surface area contributed by atoms with Gasteiger partial charge in [-0.1, -0.05) is 0 Å². The molecule has 138 valence electrons. The molecule has 0 saturated carbocycles. The van der Waals surface area contributed by atoms with Gasteiger partial charge in [-0.25, -0.2) is 0 Å². The SMILES string of the molecule is CC[N+](C)(C)C(C)CC1CO1.CC[N+](C)(C)CC(C)O.[Cl-].[Cl-]. The van der Waals surface area contributed by atoms with Crippen molar-refractivity contribution in [3.8, 4) is 0 Å². The number of rotatable bonds is 7. The van der Waals surface area contributed by atoms with Crippen molar-refractivity contribution in [1.29, 1.82) is 0 Å². The average Bonchev–Trinajstić information content (AvgIpc) is 3.12. The lowest BCUT2D eigenvalue weighted by molar-refractivity contribution is -0.911. The molecule has 0 aromatic carbocycles. The molecule has 0 aliphatic carbocycles. The van der Waals surface area contributed by atoms with Crippen molar-refractivity contribution in [2.24, 2.45) is 0 Å². The summed E-state index contributed by atoms with van der Waals surface area (Å²) in [6, 6.07) is 0.729. The van der Waals surface area contributed by atoms with Crippen LogP contribution in [-0.4, -0.2) is 86.8 Å². The third-order valence-corrected chi connectivity index (χ3v) is 4.63. The highest BCUT2D eigenvalue weighted by molar-refractivity contribution is 4.72. The van der Waals surface area contributed by atoms with E-state index in [1.54, 1.807) is 0 Å². The molecule has 4 nitrogen and oxygen atoms in total. The van der Waals surface area contributed by atoms with Crippen LogP contribution in [0.1, 0.15) is 34.1 Å². The Bertz CT molecular complexity index is 271. The molecule has 0 amide bonds. The number of hydrogen-bond donors (Lipinski definition) is 1. The molecule has 1 fully saturated rings. The van der Waals surface area contributed by atoms with Gasteiger partial charge >= 0.3 is 0 Å². The van der Waals surface area contributed by atoms with Gasteiger partial charge in [0.1, 0.15) is 12.6 Å². The Morgan fingerprint density at radius 3 is 1.73 bits per heavy atom. The van der Waals surface area contributed by atoms with Crippen molar-refractivity contribution < 1.29 is 43.6 Å². The Morgan fingerprint density at radius 1 is 1.05 bits per heavy atom. The van der Waals surface area contributed by atoms with E-state index in [1.165, 1.54) is 13.0 Å². The number of nitrogens with zero attached hydrogens (tertiary/aromatic N) is 2. The summed E-state index contributed by atoms with van der Waals surface area (Å²) in [7, 11) is 8.81. The lowest BCUT2D eigenvalue weighted by Crippen LogP contribution is -3.00. The first-order valence-electron chi connectivity index (χ1n) is 7.98. The molecule has 1 aliphatic heterocycles. The van der Waals surface area contributed by atoms with Crippen LogP contribution in [0.2, 0.25) is 0 Å². The zero-order valence-electron chi connectivity index (χ0n) is 15.8. The molecule has 1 N–H and O–H groups in total. The van der Waals surface area contributed by atoms with Crippen molar-refractivity contribution in [3.05, 3.63) is 0 Å². The first-order valence-corrected chi connectivity index (χ1v) is 7.98. The second-order valence-electron chi connectivity index (χ2n) is 7.42. The van der Waals surface area contributed by atoms with Crippen LogP contribution >= 0.6 is 0 Å². The highest BCUT2D eigenvalue weighted by Gasteiger charge is 2.31. The maximum atomic E-state index is 9.00. The number of likely N-dealkylation sites (N-methyl/N-ethyl adjacent to an activating group) is 1. The third-order valence-electron chi connectivity index (χ3n) is 4.63. The Balaban J connectivity index is -0.000000307. The number of ether oxygens (including phenoxy) is 1. The van der Waals surface area contributed by atoms with Gasteiger partial charge in [0.2, 0.25) is 0 Å². The van der Waals surface area contributed by atoms with E-state index in [1.807, 2.05) is 6.92 Å². The van der Waals surface area contributed by atoms with E-state index < -0.39 is 0 Å². The van der Waals surface area contributed by atoms with Gasteiger partial charge < -0.3 is 43.6 Å². The summed E-state index contributed by atoms with van der Waals surface area (Å²) in [5.41, 5.74) is 0. The highest BCUT2D eigenvalue weighted by atomic mass is 35.5. The Kier molecular flexibility index (Phi) is 14.7. The molecule has 1 heterocycles. The molecule has 1 aliphatic rings. The van der Waals surface area contributed by atoms with E-state index in [0.717, 1.165) is 34.7 Å². The predicted molar refractivity (Wildman–Crippen MR) is 85.7 cm³/mol. The van der Waals surface area contributed by atoms with E-state index in [0.29, 0.717) is 6.10 Å². The third kappa shape index (κ3) is 12.9. The first kappa shape index (κ1) is 27.3. The van der Waals surface area contributed by atoms with Gasteiger partial charge in [-0.3, -0.25) is 0 Å². The van der Waals surface area contributed by atoms with Crippen LogP contribution in [0.5, 0.6) is 0 Å². The summed E-state index contributed by atoms with van der Waals surface area (Å²) in [4.78, 5) is 0. The number of halogens is 2. The van der Waals surface area contributed by atoms with E-state index in [9.17, 15) is 0 Å². The molecular weight excluding hydrogens is 323 g/mol. The number of aliphatic hydroxyl groups is 1. The van der Waals surface area contributed by atoms with Gasteiger partial charge in [-0.15, -0.1) is 0 Å². The van der Waals surface area contributed by atoms with Crippen molar-refractivity contribution >= 4 is 0 Å².